The molecular weight excluding hydrogens is 949 g/mol. The fourth-order valence-corrected chi connectivity index (χ4v) is 8.18. The first-order valence-electron chi connectivity index (χ1n) is 31.3. The average Bonchev–Trinajstić information content (AvgIpc) is 3.43. The average molecular weight is 1060 g/mol. The van der Waals surface area contributed by atoms with Crippen LogP contribution in [0.4, 0.5) is 0 Å². The number of hydrogen-bond donors (Lipinski definition) is 0. The van der Waals surface area contributed by atoms with Crippen LogP contribution in [-0.2, 0) is 28.6 Å². The van der Waals surface area contributed by atoms with E-state index in [1.807, 2.05) is 12.2 Å². The molecule has 0 N–H and O–H groups in total. The Morgan fingerprint density at radius 1 is 0.273 bits per heavy atom. The Hall–Kier alpha value is -4.71. The number of ether oxygens (including phenoxy) is 3. The van der Waals surface area contributed by atoms with E-state index in [9.17, 15) is 14.4 Å². The van der Waals surface area contributed by atoms with Crippen LogP contribution < -0.4 is 0 Å². The molecule has 0 aliphatic heterocycles. The molecule has 77 heavy (non-hydrogen) atoms. The van der Waals surface area contributed by atoms with Gasteiger partial charge in [-0.1, -0.05) is 269 Å². The molecule has 1 unspecified atom stereocenters. The van der Waals surface area contributed by atoms with Crippen LogP contribution in [0.25, 0.3) is 0 Å². The van der Waals surface area contributed by atoms with E-state index in [0.29, 0.717) is 19.3 Å². The molecule has 6 nitrogen and oxygen atoms in total. The quantitative estimate of drug-likeness (QED) is 0.0261. The van der Waals surface area contributed by atoms with Gasteiger partial charge in [-0.2, -0.15) is 0 Å². The lowest BCUT2D eigenvalue weighted by atomic mass is 10.0. The van der Waals surface area contributed by atoms with Gasteiger partial charge in [0.15, 0.2) is 6.10 Å². The highest BCUT2D eigenvalue weighted by Crippen LogP contribution is 2.15. The van der Waals surface area contributed by atoms with Crippen LogP contribution in [0, 0.1) is 0 Å². The van der Waals surface area contributed by atoms with Crippen molar-refractivity contribution in [2.75, 3.05) is 13.2 Å². The smallest absolute Gasteiger partial charge is 0.306 e. The molecule has 0 aromatic heterocycles. The molecule has 0 aromatic rings. The number of rotatable bonds is 55. The van der Waals surface area contributed by atoms with Crippen molar-refractivity contribution in [2.24, 2.45) is 0 Å². The second-order valence-corrected chi connectivity index (χ2v) is 20.2. The van der Waals surface area contributed by atoms with Crippen LogP contribution in [0.1, 0.15) is 265 Å². The second kappa shape index (κ2) is 63.8. The summed E-state index contributed by atoms with van der Waals surface area (Å²) in [6.45, 7) is 6.29. The van der Waals surface area contributed by atoms with E-state index in [0.717, 1.165) is 122 Å². The van der Waals surface area contributed by atoms with Gasteiger partial charge in [-0.15, -0.1) is 0 Å². The van der Waals surface area contributed by atoms with Gasteiger partial charge in [0.25, 0.3) is 0 Å². The fraction of sp³-hybridized carbons (Fsp3) is 0.620. The maximum atomic E-state index is 12.8. The standard InChI is InChI=1S/C71H114O6/c1-4-7-10-13-16-19-22-24-25-26-27-28-29-30-31-32-33-34-35-36-37-38-39-40-41-42-43-44-45-47-49-52-55-58-61-64-70(73)76-67-68(66-75-69(72)63-60-57-54-51-48-21-18-15-12-9-6-3)77-71(74)65-62-59-56-53-50-46-23-20-17-14-11-8-5-2/h7-8,10-11,15-20,24-25,27-28,30-31,33-34,36-37,46,50,56,59,68H,4-6,9,12-14,21-23,26,29,32,35,38-45,47-49,51-55,57-58,60-67H2,1-3H3/b10-7-,11-8-,18-15-,19-16-,20-17-,25-24-,28-27-,31-30-,34-33-,37-36-,50-46-,59-56-. The van der Waals surface area contributed by atoms with Crippen molar-refractivity contribution < 1.29 is 28.6 Å². The summed E-state index contributed by atoms with van der Waals surface area (Å²) in [5.74, 6) is -1.01. The van der Waals surface area contributed by atoms with Crippen molar-refractivity contribution in [3.63, 3.8) is 0 Å². The van der Waals surface area contributed by atoms with E-state index in [1.165, 1.54) is 96.3 Å². The third-order valence-electron chi connectivity index (χ3n) is 12.8. The van der Waals surface area contributed by atoms with Crippen molar-refractivity contribution in [3.8, 4) is 0 Å². The predicted molar refractivity (Wildman–Crippen MR) is 334 cm³/mol. The van der Waals surface area contributed by atoms with Crippen LogP contribution in [0.5, 0.6) is 0 Å². The highest BCUT2D eigenvalue weighted by atomic mass is 16.6. The van der Waals surface area contributed by atoms with Crippen molar-refractivity contribution >= 4 is 17.9 Å². The molecular formula is C71H114O6. The molecule has 6 heteroatoms. The number of carbonyl (C=O) groups is 3. The normalized spacial score (nSPS) is 13.1. The van der Waals surface area contributed by atoms with Gasteiger partial charge in [-0.05, 0) is 122 Å². The molecule has 0 amide bonds. The molecule has 0 aromatic carbocycles. The van der Waals surface area contributed by atoms with Gasteiger partial charge < -0.3 is 14.2 Å². The molecule has 1 atom stereocenters. The number of hydrogen-bond acceptors (Lipinski definition) is 6. The van der Waals surface area contributed by atoms with Crippen LogP contribution in [0.3, 0.4) is 0 Å². The molecule has 0 radical (unpaired) electrons. The molecule has 0 bridgehead atoms. The van der Waals surface area contributed by atoms with E-state index in [4.69, 9.17) is 14.2 Å². The second-order valence-electron chi connectivity index (χ2n) is 20.2. The Bertz CT molecular complexity index is 1700. The minimum absolute atomic E-state index is 0.113. The minimum Gasteiger partial charge on any atom is -0.462 e. The van der Waals surface area contributed by atoms with E-state index >= 15 is 0 Å². The summed E-state index contributed by atoms with van der Waals surface area (Å²) in [4.78, 5) is 38.1. The Morgan fingerprint density at radius 3 is 0.857 bits per heavy atom. The van der Waals surface area contributed by atoms with Crippen LogP contribution in [0.2, 0.25) is 0 Å². The molecule has 0 spiro atoms. The van der Waals surface area contributed by atoms with Crippen LogP contribution in [-0.4, -0.2) is 37.2 Å². The lowest BCUT2D eigenvalue weighted by Crippen LogP contribution is -2.30. The number of unbranched alkanes of at least 4 members (excludes halogenated alkanes) is 20. The molecule has 0 fully saturated rings. The number of esters is 3. The summed E-state index contributed by atoms with van der Waals surface area (Å²) in [5.41, 5.74) is 0. The van der Waals surface area contributed by atoms with Crippen molar-refractivity contribution in [1.82, 2.24) is 0 Å². The number of carbonyl (C=O) groups excluding carboxylic acids is 3. The van der Waals surface area contributed by atoms with Gasteiger partial charge >= 0.3 is 17.9 Å². The largest absolute Gasteiger partial charge is 0.462 e. The first-order chi connectivity index (χ1) is 38.0. The molecule has 0 saturated heterocycles. The van der Waals surface area contributed by atoms with Gasteiger partial charge in [0.2, 0.25) is 0 Å². The van der Waals surface area contributed by atoms with Crippen molar-refractivity contribution in [2.45, 2.75) is 271 Å². The fourth-order valence-electron chi connectivity index (χ4n) is 8.18. The summed E-state index contributed by atoms with van der Waals surface area (Å²) in [6.07, 6.45) is 91.7. The van der Waals surface area contributed by atoms with Gasteiger partial charge in [-0.25, -0.2) is 0 Å². The first-order valence-corrected chi connectivity index (χ1v) is 31.3. The summed E-state index contributed by atoms with van der Waals surface area (Å²) in [6, 6.07) is 0. The predicted octanol–water partition coefficient (Wildman–Crippen LogP) is 21.5. The molecule has 0 rings (SSSR count). The molecule has 434 valence electrons. The lowest BCUT2D eigenvalue weighted by molar-refractivity contribution is -0.166. The zero-order valence-corrected chi connectivity index (χ0v) is 49.7. The SMILES string of the molecule is CC/C=C\C/C=C\C/C=C\C/C=C\C/C=C\C/C=C\C/C=C\CCCCCCCCCCCCCCCC(=O)OCC(COC(=O)CCCCCCC/C=C\CCCC)OC(=O)CC/C=C\C/C=C\C/C=C\C/C=C\CC. The monoisotopic (exact) mass is 1060 g/mol. The summed E-state index contributed by atoms with van der Waals surface area (Å²) < 4.78 is 16.8. The van der Waals surface area contributed by atoms with E-state index in [1.54, 1.807) is 0 Å². The first kappa shape index (κ1) is 72.3. The van der Waals surface area contributed by atoms with E-state index in [2.05, 4.69) is 154 Å². The molecule has 0 aliphatic rings. The van der Waals surface area contributed by atoms with Gasteiger partial charge in [-0.3, -0.25) is 14.4 Å². The van der Waals surface area contributed by atoms with E-state index in [-0.39, 0.29) is 31.6 Å². The highest BCUT2D eigenvalue weighted by Gasteiger charge is 2.19. The zero-order chi connectivity index (χ0) is 55.7. The lowest BCUT2D eigenvalue weighted by Gasteiger charge is -2.18. The number of allylic oxidation sites excluding steroid dienone is 24. The Balaban J connectivity index is 4.17. The maximum absolute atomic E-state index is 12.8. The third kappa shape index (κ3) is 62.0. The maximum Gasteiger partial charge on any atom is 0.306 e. The third-order valence-corrected chi connectivity index (χ3v) is 12.8. The van der Waals surface area contributed by atoms with E-state index < -0.39 is 12.1 Å². The van der Waals surface area contributed by atoms with Gasteiger partial charge in [0, 0.05) is 19.3 Å². The Kier molecular flexibility index (Phi) is 59.9. The molecule has 0 saturated carbocycles. The topological polar surface area (TPSA) is 78.9 Å². The summed E-state index contributed by atoms with van der Waals surface area (Å²) in [7, 11) is 0. The zero-order valence-electron chi connectivity index (χ0n) is 49.7. The Labute approximate surface area is 474 Å². The van der Waals surface area contributed by atoms with Crippen LogP contribution >= 0.6 is 0 Å². The minimum atomic E-state index is -0.823. The summed E-state index contributed by atoms with van der Waals surface area (Å²) >= 11 is 0. The van der Waals surface area contributed by atoms with Gasteiger partial charge in [0.05, 0.1) is 0 Å². The van der Waals surface area contributed by atoms with Gasteiger partial charge in [0.1, 0.15) is 13.2 Å². The molecule has 0 aliphatic carbocycles. The summed E-state index contributed by atoms with van der Waals surface area (Å²) in [5, 5.41) is 0. The highest BCUT2D eigenvalue weighted by molar-refractivity contribution is 5.71. The molecule has 0 heterocycles. The van der Waals surface area contributed by atoms with Crippen molar-refractivity contribution in [3.05, 3.63) is 146 Å². The van der Waals surface area contributed by atoms with Crippen molar-refractivity contribution in [1.29, 1.82) is 0 Å². The van der Waals surface area contributed by atoms with Crippen LogP contribution in [0.15, 0.2) is 146 Å². The Morgan fingerprint density at radius 2 is 0.532 bits per heavy atom.